The van der Waals surface area contributed by atoms with Gasteiger partial charge in [-0.05, 0) is 37.8 Å². The number of benzene rings is 1. The highest BCUT2D eigenvalue weighted by Crippen LogP contribution is 2.17. The number of carbonyl (C=O) groups excluding carboxylic acids is 1. The predicted octanol–water partition coefficient (Wildman–Crippen LogP) is 2.19. The number of carboxylic acids is 2. The van der Waals surface area contributed by atoms with Crippen LogP contribution in [-0.4, -0.2) is 59.3 Å². The Hall–Kier alpha value is -2.61. The molecule has 1 amide bonds. The molecule has 2 fully saturated rings. The van der Waals surface area contributed by atoms with Gasteiger partial charge in [0.05, 0.1) is 11.8 Å². The predicted molar refractivity (Wildman–Crippen MR) is 102 cm³/mol. The molecule has 2 saturated heterocycles. The van der Waals surface area contributed by atoms with Crippen LogP contribution in [0.1, 0.15) is 31.2 Å². The van der Waals surface area contributed by atoms with Crippen molar-refractivity contribution in [3.8, 4) is 0 Å². The van der Waals surface area contributed by atoms with Gasteiger partial charge in [0.1, 0.15) is 6.61 Å². The van der Waals surface area contributed by atoms with Gasteiger partial charge in [0.25, 0.3) is 0 Å². The van der Waals surface area contributed by atoms with Crippen molar-refractivity contribution in [3.05, 3.63) is 35.9 Å². The Labute approximate surface area is 164 Å². The van der Waals surface area contributed by atoms with Gasteiger partial charge in [-0.15, -0.1) is 0 Å². The van der Waals surface area contributed by atoms with Crippen LogP contribution in [-0.2, 0) is 20.9 Å². The second-order valence-corrected chi connectivity index (χ2v) is 7.05. The molecule has 0 aromatic heterocycles. The molecule has 2 unspecified atom stereocenters. The smallest absolute Gasteiger partial charge is 0.410 e. The summed E-state index contributed by atoms with van der Waals surface area (Å²) < 4.78 is 5.19. The van der Waals surface area contributed by atoms with Gasteiger partial charge < -0.3 is 25.2 Å². The third-order valence-corrected chi connectivity index (χ3v) is 4.88. The number of likely N-dealkylation sites (tertiary alicyclic amines) is 1. The maximum absolute atomic E-state index is 11.9. The van der Waals surface area contributed by atoms with Gasteiger partial charge in [-0.2, -0.15) is 0 Å². The van der Waals surface area contributed by atoms with E-state index in [9.17, 15) is 14.4 Å². The molecular weight excluding hydrogens is 364 g/mol. The molecule has 3 N–H and O–H groups in total. The van der Waals surface area contributed by atoms with Crippen LogP contribution in [0.15, 0.2) is 30.3 Å². The van der Waals surface area contributed by atoms with E-state index in [4.69, 9.17) is 14.9 Å². The second-order valence-electron chi connectivity index (χ2n) is 7.05. The maximum Gasteiger partial charge on any atom is 0.410 e. The SMILES string of the molecule is O=C(O)C1CCCN(C(=O)OCc2ccccc2)C1.O=C(O)C1CCCNC1. The average Bonchev–Trinajstić information content (AvgIpc) is 2.74. The molecule has 1 aromatic carbocycles. The van der Waals surface area contributed by atoms with Crippen LogP contribution in [0, 0.1) is 11.8 Å². The molecule has 2 aliphatic heterocycles. The largest absolute Gasteiger partial charge is 0.481 e. The first-order valence-corrected chi connectivity index (χ1v) is 9.59. The van der Waals surface area contributed by atoms with Gasteiger partial charge in [0.2, 0.25) is 0 Å². The minimum absolute atomic E-state index is 0.140. The highest BCUT2D eigenvalue weighted by atomic mass is 16.6. The molecule has 2 heterocycles. The van der Waals surface area contributed by atoms with Crippen LogP contribution in [0.3, 0.4) is 0 Å². The molecule has 0 bridgehead atoms. The van der Waals surface area contributed by atoms with Crippen LogP contribution in [0.25, 0.3) is 0 Å². The quantitative estimate of drug-likeness (QED) is 0.719. The first kappa shape index (κ1) is 21.7. The summed E-state index contributed by atoms with van der Waals surface area (Å²) in [5.74, 6) is -2.13. The van der Waals surface area contributed by atoms with Gasteiger partial charge in [-0.25, -0.2) is 4.79 Å². The topological polar surface area (TPSA) is 116 Å². The van der Waals surface area contributed by atoms with Crippen molar-refractivity contribution < 1.29 is 29.3 Å². The summed E-state index contributed by atoms with van der Waals surface area (Å²) >= 11 is 0. The number of ether oxygens (including phenoxy) is 1. The summed E-state index contributed by atoms with van der Waals surface area (Å²) in [7, 11) is 0. The van der Waals surface area contributed by atoms with Crippen LogP contribution in [0.4, 0.5) is 4.79 Å². The molecule has 2 aliphatic rings. The van der Waals surface area contributed by atoms with Crippen LogP contribution >= 0.6 is 0 Å². The van der Waals surface area contributed by atoms with Crippen molar-refractivity contribution in [2.45, 2.75) is 32.3 Å². The summed E-state index contributed by atoms with van der Waals surface area (Å²) in [6, 6.07) is 9.41. The van der Waals surface area contributed by atoms with Crippen LogP contribution in [0.5, 0.6) is 0 Å². The first-order chi connectivity index (χ1) is 13.5. The fourth-order valence-corrected chi connectivity index (χ4v) is 3.22. The van der Waals surface area contributed by atoms with Gasteiger partial charge in [-0.1, -0.05) is 30.3 Å². The molecular formula is C20H28N2O6. The molecule has 0 saturated carbocycles. The van der Waals surface area contributed by atoms with Crippen molar-refractivity contribution in [2.24, 2.45) is 11.8 Å². The lowest BCUT2D eigenvalue weighted by atomic mass is 9.99. The van der Waals surface area contributed by atoms with Gasteiger partial charge >= 0.3 is 18.0 Å². The number of rotatable bonds is 4. The average molecular weight is 392 g/mol. The highest BCUT2D eigenvalue weighted by molar-refractivity contribution is 5.73. The number of aliphatic carboxylic acids is 2. The zero-order valence-electron chi connectivity index (χ0n) is 15.9. The summed E-state index contributed by atoms with van der Waals surface area (Å²) in [5, 5.41) is 20.5. The number of piperidine rings is 2. The van der Waals surface area contributed by atoms with Gasteiger partial charge in [0.15, 0.2) is 0 Å². The van der Waals surface area contributed by atoms with E-state index < -0.39 is 23.9 Å². The Morgan fingerprint density at radius 3 is 2.29 bits per heavy atom. The highest BCUT2D eigenvalue weighted by Gasteiger charge is 2.28. The fraction of sp³-hybridized carbons (Fsp3) is 0.550. The van der Waals surface area contributed by atoms with E-state index in [-0.39, 0.29) is 19.1 Å². The third-order valence-electron chi connectivity index (χ3n) is 4.88. The molecule has 2 atom stereocenters. The summed E-state index contributed by atoms with van der Waals surface area (Å²) in [5.41, 5.74) is 0.919. The molecule has 8 heteroatoms. The second kappa shape index (κ2) is 11.3. The third kappa shape index (κ3) is 7.19. The number of carbonyl (C=O) groups is 3. The van der Waals surface area contributed by atoms with E-state index in [2.05, 4.69) is 5.32 Å². The Balaban J connectivity index is 0.000000261. The lowest BCUT2D eigenvalue weighted by Gasteiger charge is -2.29. The standard InChI is InChI=1S/C14H17NO4.C6H11NO2/c16-13(17)12-7-4-8-15(9-12)14(18)19-10-11-5-2-1-3-6-11;8-6(9)5-2-1-3-7-4-5/h1-3,5-6,12H,4,7-10H2,(H,16,17);5,7H,1-4H2,(H,8,9). The lowest BCUT2D eigenvalue weighted by molar-refractivity contribution is -0.143. The molecule has 0 radical (unpaired) electrons. The molecule has 28 heavy (non-hydrogen) atoms. The molecule has 3 rings (SSSR count). The monoisotopic (exact) mass is 392 g/mol. The van der Waals surface area contributed by atoms with Crippen LogP contribution in [0.2, 0.25) is 0 Å². The number of nitrogens with one attached hydrogen (secondary N) is 1. The summed E-state index contributed by atoms with van der Waals surface area (Å²) in [4.78, 5) is 34.6. The minimum Gasteiger partial charge on any atom is -0.481 e. The zero-order chi connectivity index (χ0) is 20.4. The molecule has 1 aromatic rings. The molecule has 154 valence electrons. The van der Waals surface area contributed by atoms with E-state index in [0.717, 1.165) is 24.9 Å². The summed E-state index contributed by atoms with van der Waals surface area (Å²) in [6.07, 6.45) is 2.73. The first-order valence-electron chi connectivity index (χ1n) is 9.59. The van der Waals surface area contributed by atoms with E-state index in [1.54, 1.807) is 0 Å². The van der Waals surface area contributed by atoms with Crippen molar-refractivity contribution in [2.75, 3.05) is 26.2 Å². The number of nitrogens with zero attached hydrogens (tertiary/aromatic N) is 1. The Morgan fingerprint density at radius 1 is 1.04 bits per heavy atom. The minimum atomic E-state index is -0.847. The van der Waals surface area contributed by atoms with Gasteiger partial charge in [-0.3, -0.25) is 9.59 Å². The van der Waals surface area contributed by atoms with E-state index in [0.29, 0.717) is 25.9 Å². The number of hydrogen-bond donors (Lipinski definition) is 3. The van der Waals surface area contributed by atoms with Gasteiger partial charge in [0, 0.05) is 19.6 Å². The summed E-state index contributed by atoms with van der Waals surface area (Å²) in [6.45, 7) is 2.65. The van der Waals surface area contributed by atoms with Crippen molar-refractivity contribution >= 4 is 18.0 Å². The number of amides is 1. The van der Waals surface area contributed by atoms with E-state index in [1.807, 2.05) is 30.3 Å². The normalized spacial score (nSPS) is 21.8. The van der Waals surface area contributed by atoms with Crippen molar-refractivity contribution in [1.82, 2.24) is 10.2 Å². The molecule has 0 aliphatic carbocycles. The number of carboxylic acid groups (broad SMARTS) is 2. The molecule has 0 spiro atoms. The van der Waals surface area contributed by atoms with E-state index >= 15 is 0 Å². The van der Waals surface area contributed by atoms with Crippen molar-refractivity contribution in [3.63, 3.8) is 0 Å². The van der Waals surface area contributed by atoms with E-state index in [1.165, 1.54) is 4.90 Å². The Morgan fingerprint density at radius 2 is 1.71 bits per heavy atom. The Kier molecular flexibility index (Phi) is 8.74. The van der Waals surface area contributed by atoms with Crippen molar-refractivity contribution in [1.29, 1.82) is 0 Å². The fourth-order valence-electron chi connectivity index (χ4n) is 3.22. The maximum atomic E-state index is 11.9. The Bertz CT molecular complexity index is 645. The lowest BCUT2D eigenvalue weighted by Crippen LogP contribution is -2.42. The zero-order valence-corrected chi connectivity index (χ0v) is 15.9. The molecule has 8 nitrogen and oxygen atoms in total. The number of hydrogen-bond acceptors (Lipinski definition) is 5. The van der Waals surface area contributed by atoms with Crippen LogP contribution < -0.4 is 5.32 Å².